The van der Waals surface area contributed by atoms with Crippen LogP contribution in [0.5, 0.6) is 0 Å². The van der Waals surface area contributed by atoms with Gasteiger partial charge in [0.25, 0.3) is 0 Å². The number of rotatable bonds is 2. The van der Waals surface area contributed by atoms with Crippen molar-refractivity contribution in [2.24, 2.45) is 11.8 Å². The van der Waals surface area contributed by atoms with E-state index in [0.717, 1.165) is 52.2 Å². The summed E-state index contributed by atoms with van der Waals surface area (Å²) in [5, 5.41) is 0. The number of benzene rings is 2. The number of nitrogens with zero attached hydrogens (tertiary/aromatic N) is 2. The first kappa shape index (κ1) is 19.7. The number of carbonyl (C=O) groups is 1. The second-order valence-corrected chi connectivity index (χ2v) is 9.79. The van der Waals surface area contributed by atoms with Crippen molar-refractivity contribution in [3.63, 3.8) is 0 Å². The quantitative estimate of drug-likeness (QED) is 0.446. The van der Waals surface area contributed by atoms with Gasteiger partial charge in [-0.3, -0.25) is 9.36 Å². The first-order valence-corrected chi connectivity index (χ1v) is 11.3. The summed E-state index contributed by atoms with van der Waals surface area (Å²) < 4.78 is 17.3. The molecular formula is C25H24BrFN2O. The van der Waals surface area contributed by atoms with Crippen LogP contribution >= 0.6 is 15.9 Å². The molecule has 0 N–H and O–H groups in total. The van der Waals surface area contributed by atoms with Crippen LogP contribution in [0.4, 0.5) is 4.39 Å². The van der Waals surface area contributed by atoms with Crippen LogP contribution in [-0.4, -0.2) is 15.3 Å². The first-order chi connectivity index (χ1) is 14.4. The molecular weight excluding hydrogens is 443 g/mol. The highest BCUT2D eigenvalue weighted by molar-refractivity contribution is 9.10. The summed E-state index contributed by atoms with van der Waals surface area (Å²) in [5.41, 5.74) is 3.87. The number of ketones is 1. The van der Waals surface area contributed by atoms with E-state index >= 15 is 0 Å². The molecule has 3 aromatic rings. The molecule has 0 radical (unpaired) electrons. The fourth-order valence-electron chi connectivity index (χ4n) is 5.58. The zero-order chi connectivity index (χ0) is 21.0. The smallest absolute Gasteiger partial charge is 0.145 e. The van der Waals surface area contributed by atoms with E-state index in [2.05, 4.69) is 40.4 Å². The van der Waals surface area contributed by atoms with Gasteiger partial charge in [-0.15, -0.1) is 0 Å². The number of Topliss-reactive ketones (excluding diaryl/α,β-unsaturated/α-hetero) is 1. The highest BCUT2D eigenvalue weighted by Gasteiger charge is 2.50. The van der Waals surface area contributed by atoms with E-state index in [1.54, 1.807) is 12.1 Å². The van der Waals surface area contributed by atoms with Crippen LogP contribution < -0.4 is 0 Å². The third kappa shape index (κ3) is 2.97. The standard InChI is InChI=1S/C25H24BrFN2O/c1-15-20-9-10-21-23(25(20,2)12-11-22(15)30)28-24(16-5-3-6-17(26)13-16)29(21)19-8-4-7-18(27)14-19/h3-8,13-15,20H,9-12H2,1-2H3/t15-,20-,25-/m1/s1. The summed E-state index contributed by atoms with van der Waals surface area (Å²) in [6.45, 7) is 4.35. The molecule has 3 atom stereocenters. The van der Waals surface area contributed by atoms with Gasteiger partial charge in [0.05, 0.1) is 11.4 Å². The largest absolute Gasteiger partial charge is 0.299 e. The second kappa shape index (κ2) is 7.16. The molecule has 0 aliphatic heterocycles. The van der Waals surface area contributed by atoms with Crippen molar-refractivity contribution in [2.45, 2.75) is 44.9 Å². The van der Waals surface area contributed by atoms with Gasteiger partial charge in [-0.2, -0.15) is 0 Å². The molecule has 2 aliphatic rings. The average Bonchev–Trinajstić information content (AvgIpc) is 3.12. The Morgan fingerprint density at radius 2 is 1.97 bits per heavy atom. The van der Waals surface area contributed by atoms with Gasteiger partial charge in [0.15, 0.2) is 0 Å². The van der Waals surface area contributed by atoms with Crippen molar-refractivity contribution in [2.75, 3.05) is 0 Å². The van der Waals surface area contributed by atoms with E-state index in [4.69, 9.17) is 4.98 Å². The molecule has 1 fully saturated rings. The summed E-state index contributed by atoms with van der Waals surface area (Å²) in [6, 6.07) is 14.8. The normalized spacial score (nSPS) is 25.7. The van der Waals surface area contributed by atoms with E-state index in [0.29, 0.717) is 18.1 Å². The van der Waals surface area contributed by atoms with Crippen molar-refractivity contribution >= 4 is 21.7 Å². The molecule has 5 rings (SSSR count). The van der Waals surface area contributed by atoms with Crippen molar-refractivity contribution in [3.05, 3.63) is 70.2 Å². The Kier molecular flexibility index (Phi) is 4.69. The molecule has 5 heteroatoms. The Morgan fingerprint density at radius 3 is 2.73 bits per heavy atom. The van der Waals surface area contributed by atoms with E-state index in [-0.39, 0.29) is 17.2 Å². The number of carbonyl (C=O) groups excluding carboxylic acids is 1. The third-order valence-electron chi connectivity index (χ3n) is 7.18. The molecule has 0 saturated heterocycles. The van der Waals surface area contributed by atoms with Crippen LogP contribution in [0.1, 0.15) is 44.5 Å². The molecule has 0 unspecified atom stereocenters. The van der Waals surface area contributed by atoms with Crippen molar-refractivity contribution in [1.82, 2.24) is 9.55 Å². The highest BCUT2D eigenvalue weighted by Crippen LogP contribution is 2.52. The minimum atomic E-state index is -0.257. The third-order valence-corrected chi connectivity index (χ3v) is 7.67. The van der Waals surface area contributed by atoms with Crippen LogP contribution in [-0.2, 0) is 16.6 Å². The number of aromatic nitrogens is 2. The van der Waals surface area contributed by atoms with E-state index < -0.39 is 0 Å². The van der Waals surface area contributed by atoms with Gasteiger partial charge in [-0.1, -0.05) is 48.0 Å². The van der Waals surface area contributed by atoms with Crippen LogP contribution in [0.2, 0.25) is 0 Å². The molecule has 0 spiro atoms. The fourth-order valence-corrected chi connectivity index (χ4v) is 5.98. The lowest BCUT2D eigenvalue weighted by atomic mass is 9.57. The monoisotopic (exact) mass is 466 g/mol. The van der Waals surface area contributed by atoms with Crippen molar-refractivity contribution in [3.8, 4) is 17.1 Å². The van der Waals surface area contributed by atoms with Crippen LogP contribution in [0, 0.1) is 17.7 Å². The molecule has 1 aromatic heterocycles. The zero-order valence-electron chi connectivity index (χ0n) is 17.2. The van der Waals surface area contributed by atoms with Gasteiger partial charge in [-0.25, -0.2) is 9.37 Å². The molecule has 0 amide bonds. The fraction of sp³-hybridized carbons (Fsp3) is 0.360. The van der Waals surface area contributed by atoms with Crippen molar-refractivity contribution in [1.29, 1.82) is 0 Å². The molecule has 1 saturated carbocycles. The Bertz CT molecular complexity index is 1150. The highest BCUT2D eigenvalue weighted by atomic mass is 79.9. The van der Waals surface area contributed by atoms with E-state index in [9.17, 15) is 9.18 Å². The zero-order valence-corrected chi connectivity index (χ0v) is 18.7. The summed E-state index contributed by atoms with van der Waals surface area (Å²) in [4.78, 5) is 17.6. The SMILES string of the molecule is C[C@H]1C(=O)CC[C@@]2(C)c3nc(-c4cccc(Br)c4)n(-c4cccc(F)c4)c3CC[C@H]12. The van der Waals surface area contributed by atoms with E-state index in [1.165, 1.54) is 6.07 Å². The Balaban J connectivity index is 1.76. The predicted octanol–water partition coefficient (Wildman–Crippen LogP) is 6.26. The number of hydrogen-bond acceptors (Lipinski definition) is 2. The Hall–Kier alpha value is -2.27. The topological polar surface area (TPSA) is 34.9 Å². The van der Waals surface area contributed by atoms with E-state index in [1.807, 2.05) is 24.3 Å². The second-order valence-electron chi connectivity index (χ2n) is 8.87. The lowest BCUT2D eigenvalue weighted by Crippen LogP contribution is -2.47. The maximum Gasteiger partial charge on any atom is 0.145 e. The molecule has 3 nitrogen and oxygen atoms in total. The lowest BCUT2D eigenvalue weighted by Gasteiger charge is -2.46. The summed E-state index contributed by atoms with van der Waals surface area (Å²) in [5.74, 6) is 1.31. The van der Waals surface area contributed by atoms with Gasteiger partial charge < -0.3 is 0 Å². The van der Waals surface area contributed by atoms with Gasteiger partial charge in [0.2, 0.25) is 0 Å². The van der Waals surface area contributed by atoms with Crippen LogP contribution in [0.15, 0.2) is 53.0 Å². The molecule has 0 bridgehead atoms. The lowest BCUT2D eigenvalue weighted by molar-refractivity contribution is -0.128. The Morgan fingerprint density at radius 1 is 1.17 bits per heavy atom. The summed E-state index contributed by atoms with van der Waals surface area (Å²) in [6.07, 6.45) is 3.22. The average molecular weight is 467 g/mol. The van der Waals surface area contributed by atoms with Crippen molar-refractivity contribution < 1.29 is 9.18 Å². The Labute approximate surface area is 184 Å². The molecule has 1 heterocycles. The number of fused-ring (bicyclic) bond motifs is 3. The number of halogens is 2. The number of hydrogen-bond donors (Lipinski definition) is 0. The van der Waals surface area contributed by atoms with Crippen LogP contribution in [0.25, 0.3) is 17.1 Å². The molecule has 154 valence electrons. The minimum absolute atomic E-state index is 0.0607. The van der Waals surface area contributed by atoms with Gasteiger partial charge in [-0.05, 0) is 55.5 Å². The number of imidazole rings is 1. The van der Waals surface area contributed by atoms with Gasteiger partial charge >= 0.3 is 0 Å². The maximum atomic E-state index is 14.1. The van der Waals surface area contributed by atoms with Crippen LogP contribution in [0.3, 0.4) is 0 Å². The first-order valence-electron chi connectivity index (χ1n) is 10.5. The molecule has 30 heavy (non-hydrogen) atoms. The molecule has 2 aromatic carbocycles. The summed E-state index contributed by atoms with van der Waals surface area (Å²) in [7, 11) is 0. The predicted molar refractivity (Wildman–Crippen MR) is 119 cm³/mol. The summed E-state index contributed by atoms with van der Waals surface area (Å²) >= 11 is 3.57. The van der Waals surface area contributed by atoms with Gasteiger partial charge in [0.1, 0.15) is 17.4 Å². The molecule has 2 aliphatic carbocycles. The maximum absolute atomic E-state index is 14.1. The van der Waals surface area contributed by atoms with Gasteiger partial charge in [0, 0.05) is 33.5 Å². The minimum Gasteiger partial charge on any atom is -0.299 e.